The second kappa shape index (κ2) is 5.29. The molecule has 1 atom stereocenters. The molecule has 92 valence electrons. The van der Waals surface area contributed by atoms with Crippen LogP contribution in [0.2, 0.25) is 0 Å². The van der Waals surface area contributed by atoms with E-state index in [4.69, 9.17) is 44.6 Å². The molecule has 1 rings (SSSR count). The molecule has 1 aliphatic heterocycles. The van der Waals surface area contributed by atoms with Gasteiger partial charge in [-0.3, -0.25) is 4.90 Å². The maximum atomic E-state index is 11.5. The summed E-state index contributed by atoms with van der Waals surface area (Å²) in [5.74, 6) is -1.05. The topological polar surface area (TPSA) is 66.8 Å². The van der Waals surface area contributed by atoms with E-state index in [1.807, 2.05) is 0 Å². The van der Waals surface area contributed by atoms with Crippen molar-refractivity contribution in [2.75, 3.05) is 13.2 Å². The van der Waals surface area contributed by atoms with E-state index in [0.29, 0.717) is 19.4 Å². The van der Waals surface area contributed by atoms with Crippen molar-refractivity contribution in [2.45, 2.75) is 22.7 Å². The van der Waals surface area contributed by atoms with Gasteiger partial charge in [0.15, 0.2) is 0 Å². The van der Waals surface area contributed by atoms with Crippen LogP contribution in [0, 0.1) is 0 Å². The predicted octanol–water partition coefficient (Wildman–Crippen LogP) is 2.04. The van der Waals surface area contributed by atoms with E-state index in [2.05, 4.69) is 0 Å². The first-order valence-electron chi connectivity index (χ1n) is 4.54. The van der Waals surface area contributed by atoms with E-state index < -0.39 is 28.5 Å². The maximum absolute atomic E-state index is 11.5. The Hall–Kier alpha value is -0.390. The highest BCUT2D eigenvalue weighted by molar-refractivity contribution is 6.67. The van der Waals surface area contributed by atoms with E-state index in [1.54, 1.807) is 0 Å². The number of carbonyl (C=O) groups excluding carboxylic acids is 1. The van der Waals surface area contributed by atoms with E-state index in [-0.39, 0.29) is 0 Å². The second-order valence-corrected chi connectivity index (χ2v) is 5.88. The number of halogens is 3. The zero-order valence-electron chi connectivity index (χ0n) is 8.16. The number of likely N-dealkylation sites (tertiary alicyclic amines) is 1. The summed E-state index contributed by atoms with van der Waals surface area (Å²) >= 11 is 16.2. The molecule has 1 saturated heterocycles. The summed E-state index contributed by atoms with van der Waals surface area (Å²) in [6.45, 7) is -0.0605. The molecule has 0 aromatic heterocycles. The molecule has 0 bridgehead atoms. The van der Waals surface area contributed by atoms with Crippen LogP contribution in [0.5, 0.6) is 0 Å². The van der Waals surface area contributed by atoms with Crippen LogP contribution in [0.15, 0.2) is 0 Å². The van der Waals surface area contributed by atoms with Crippen molar-refractivity contribution >= 4 is 46.9 Å². The third-order valence-electron chi connectivity index (χ3n) is 2.13. The Morgan fingerprint density at radius 3 is 2.56 bits per heavy atom. The Labute approximate surface area is 107 Å². The molecule has 5 nitrogen and oxygen atoms in total. The average molecular weight is 291 g/mol. The normalized spacial score (nSPS) is 20.9. The highest BCUT2D eigenvalue weighted by atomic mass is 35.6. The van der Waals surface area contributed by atoms with Crippen LogP contribution in [0.3, 0.4) is 0 Å². The van der Waals surface area contributed by atoms with Gasteiger partial charge in [0.2, 0.25) is 3.79 Å². The van der Waals surface area contributed by atoms with Crippen LogP contribution in [-0.2, 0) is 9.53 Å². The van der Waals surface area contributed by atoms with Gasteiger partial charge in [-0.1, -0.05) is 34.8 Å². The number of alkyl halides is 3. The van der Waals surface area contributed by atoms with Gasteiger partial charge in [0, 0.05) is 6.54 Å². The zero-order chi connectivity index (χ0) is 12.3. The Kier molecular flexibility index (Phi) is 4.52. The Morgan fingerprint density at radius 1 is 1.44 bits per heavy atom. The molecule has 1 aliphatic rings. The van der Waals surface area contributed by atoms with Gasteiger partial charge in [-0.15, -0.1) is 0 Å². The van der Waals surface area contributed by atoms with Crippen LogP contribution in [0.25, 0.3) is 0 Å². The van der Waals surface area contributed by atoms with Gasteiger partial charge in [-0.25, -0.2) is 9.59 Å². The number of amides is 1. The predicted molar refractivity (Wildman–Crippen MR) is 59.0 cm³/mol. The van der Waals surface area contributed by atoms with Crippen LogP contribution < -0.4 is 0 Å². The van der Waals surface area contributed by atoms with E-state index in [9.17, 15) is 9.59 Å². The molecule has 0 spiro atoms. The van der Waals surface area contributed by atoms with Crippen LogP contribution in [0.4, 0.5) is 4.79 Å². The third kappa shape index (κ3) is 3.88. The quantitative estimate of drug-likeness (QED) is 0.790. The minimum absolute atomic E-state index is 0.343. The first-order chi connectivity index (χ1) is 7.31. The lowest BCUT2D eigenvalue weighted by molar-refractivity contribution is -0.141. The molecule has 1 heterocycles. The van der Waals surface area contributed by atoms with Crippen molar-refractivity contribution in [1.82, 2.24) is 4.90 Å². The number of hydrogen-bond acceptors (Lipinski definition) is 3. The van der Waals surface area contributed by atoms with Crippen molar-refractivity contribution in [3.05, 3.63) is 0 Å². The monoisotopic (exact) mass is 289 g/mol. The van der Waals surface area contributed by atoms with Crippen LogP contribution in [-0.4, -0.2) is 45.1 Å². The molecule has 0 aromatic carbocycles. The molecular formula is C8H10Cl3NO4. The van der Waals surface area contributed by atoms with Crippen molar-refractivity contribution in [2.24, 2.45) is 0 Å². The SMILES string of the molecule is O=C(O)[C@H]1CCCN1C(=O)OCC(Cl)(Cl)Cl. The Morgan fingerprint density at radius 2 is 2.06 bits per heavy atom. The zero-order valence-corrected chi connectivity index (χ0v) is 10.4. The van der Waals surface area contributed by atoms with E-state index in [1.165, 1.54) is 0 Å². The summed E-state index contributed by atoms with van der Waals surface area (Å²) in [4.78, 5) is 23.4. The standard InChI is InChI=1S/C8H10Cl3NO4/c9-8(10,11)4-16-7(15)12-3-1-2-5(12)6(13)14/h5H,1-4H2,(H,13,14)/t5-/m1/s1. The highest BCUT2D eigenvalue weighted by Gasteiger charge is 2.36. The van der Waals surface area contributed by atoms with Crippen LogP contribution >= 0.6 is 34.8 Å². The second-order valence-electron chi connectivity index (χ2n) is 3.36. The van der Waals surface area contributed by atoms with Gasteiger partial charge in [0.05, 0.1) is 0 Å². The summed E-state index contributed by atoms with van der Waals surface area (Å²) in [6.07, 6.45) is 0.272. The fourth-order valence-corrected chi connectivity index (χ4v) is 1.63. The summed E-state index contributed by atoms with van der Waals surface area (Å²) in [5.41, 5.74) is 0. The molecule has 1 amide bonds. The molecule has 0 radical (unpaired) electrons. The van der Waals surface area contributed by atoms with Crippen molar-refractivity contribution < 1.29 is 19.4 Å². The number of nitrogens with zero attached hydrogens (tertiary/aromatic N) is 1. The number of hydrogen-bond donors (Lipinski definition) is 1. The van der Waals surface area contributed by atoms with Gasteiger partial charge in [0.25, 0.3) is 0 Å². The number of carboxylic acids is 1. The number of aliphatic carboxylic acids is 1. The molecule has 1 N–H and O–H groups in total. The molecule has 8 heteroatoms. The number of carbonyl (C=O) groups is 2. The van der Waals surface area contributed by atoms with Gasteiger partial charge in [0.1, 0.15) is 12.6 Å². The third-order valence-corrected chi connectivity index (χ3v) is 2.46. The fourth-order valence-electron chi connectivity index (χ4n) is 1.47. The lowest BCUT2D eigenvalue weighted by atomic mass is 10.2. The first-order valence-corrected chi connectivity index (χ1v) is 5.67. The highest BCUT2D eigenvalue weighted by Crippen LogP contribution is 2.27. The number of rotatable bonds is 2. The number of ether oxygens (including phenoxy) is 1. The van der Waals surface area contributed by atoms with E-state index >= 15 is 0 Å². The summed E-state index contributed by atoms with van der Waals surface area (Å²) in [5, 5.41) is 8.83. The molecule has 0 unspecified atom stereocenters. The van der Waals surface area contributed by atoms with Crippen molar-refractivity contribution in [1.29, 1.82) is 0 Å². The largest absolute Gasteiger partial charge is 0.480 e. The van der Waals surface area contributed by atoms with E-state index in [0.717, 1.165) is 4.90 Å². The van der Waals surface area contributed by atoms with Crippen molar-refractivity contribution in [3.8, 4) is 0 Å². The Bertz CT molecular complexity index is 291. The summed E-state index contributed by atoms with van der Waals surface area (Å²) in [7, 11) is 0. The first kappa shape index (κ1) is 13.7. The minimum Gasteiger partial charge on any atom is -0.480 e. The van der Waals surface area contributed by atoms with Crippen molar-refractivity contribution in [3.63, 3.8) is 0 Å². The summed E-state index contributed by atoms with van der Waals surface area (Å²) in [6, 6.07) is -0.845. The molecule has 0 saturated carbocycles. The number of carboxylic acid groups (broad SMARTS) is 1. The van der Waals surface area contributed by atoms with Crippen LogP contribution in [0.1, 0.15) is 12.8 Å². The summed E-state index contributed by atoms with van der Waals surface area (Å²) < 4.78 is 3.01. The molecule has 1 fully saturated rings. The van der Waals surface area contributed by atoms with Gasteiger partial charge in [-0.05, 0) is 12.8 Å². The average Bonchev–Trinajstić information content (AvgIpc) is 2.61. The molecular weight excluding hydrogens is 280 g/mol. The molecule has 0 aromatic rings. The minimum atomic E-state index is -1.69. The smallest absolute Gasteiger partial charge is 0.410 e. The van der Waals surface area contributed by atoms with Gasteiger partial charge in [-0.2, -0.15) is 0 Å². The molecule has 16 heavy (non-hydrogen) atoms. The maximum Gasteiger partial charge on any atom is 0.410 e. The molecule has 0 aliphatic carbocycles. The lowest BCUT2D eigenvalue weighted by Gasteiger charge is -2.21. The Balaban J connectivity index is 2.50. The van der Waals surface area contributed by atoms with Gasteiger partial charge >= 0.3 is 12.1 Å². The van der Waals surface area contributed by atoms with Gasteiger partial charge < -0.3 is 9.84 Å². The fraction of sp³-hybridized carbons (Fsp3) is 0.750. The lowest BCUT2D eigenvalue weighted by Crippen LogP contribution is -2.41.